The maximum atomic E-state index is 5.79. The van der Waals surface area contributed by atoms with Crippen molar-refractivity contribution in [3.63, 3.8) is 0 Å². The van der Waals surface area contributed by atoms with E-state index in [-0.39, 0.29) is 5.95 Å². The van der Waals surface area contributed by atoms with Gasteiger partial charge in [-0.2, -0.15) is 4.98 Å². The molecule has 3 aromatic rings. The van der Waals surface area contributed by atoms with Gasteiger partial charge in [-0.25, -0.2) is 4.98 Å². The van der Waals surface area contributed by atoms with Gasteiger partial charge in [-0.1, -0.05) is 15.9 Å². The summed E-state index contributed by atoms with van der Waals surface area (Å²) in [7, 11) is 1.65. The van der Waals surface area contributed by atoms with Gasteiger partial charge < -0.3 is 19.8 Å². The van der Waals surface area contributed by atoms with Crippen molar-refractivity contribution in [3.05, 3.63) is 41.1 Å². The highest BCUT2D eigenvalue weighted by Crippen LogP contribution is 2.32. The Hall–Kier alpha value is -2.12. The topological polar surface area (TPSA) is 75.2 Å². The van der Waals surface area contributed by atoms with Crippen molar-refractivity contribution < 1.29 is 9.47 Å². The van der Waals surface area contributed by atoms with Gasteiger partial charge in [-0.05, 0) is 24.3 Å². The second-order valence-corrected chi connectivity index (χ2v) is 5.55. The third kappa shape index (κ3) is 2.90. The smallest absolute Gasteiger partial charge is 0.221 e. The highest BCUT2D eigenvalue weighted by molar-refractivity contribution is 9.10. The number of benzene rings is 1. The Kier molecular flexibility index (Phi) is 4.26. The van der Waals surface area contributed by atoms with Crippen LogP contribution in [0, 0.1) is 0 Å². The van der Waals surface area contributed by atoms with Crippen molar-refractivity contribution in [1.29, 1.82) is 0 Å². The van der Waals surface area contributed by atoms with Gasteiger partial charge >= 0.3 is 0 Å². The van der Waals surface area contributed by atoms with Crippen LogP contribution in [0.4, 0.5) is 5.95 Å². The molecule has 2 heterocycles. The zero-order valence-corrected chi connectivity index (χ0v) is 13.6. The lowest BCUT2D eigenvalue weighted by Gasteiger charge is -2.09. The number of fused-ring (bicyclic) bond motifs is 1. The molecule has 6 nitrogen and oxygen atoms in total. The van der Waals surface area contributed by atoms with E-state index in [0.717, 1.165) is 21.1 Å². The van der Waals surface area contributed by atoms with Crippen LogP contribution in [0.1, 0.15) is 0 Å². The van der Waals surface area contributed by atoms with E-state index in [0.29, 0.717) is 19.0 Å². The first-order chi connectivity index (χ1) is 10.7. The molecule has 7 heteroatoms. The molecule has 2 N–H and O–H groups in total. The number of ether oxygens (including phenoxy) is 2. The number of nitrogens with zero attached hydrogens (tertiary/aromatic N) is 3. The third-order valence-electron chi connectivity index (χ3n) is 3.19. The number of hydrogen-bond acceptors (Lipinski definition) is 5. The lowest BCUT2D eigenvalue weighted by molar-refractivity contribution is 0.147. The van der Waals surface area contributed by atoms with E-state index in [1.807, 2.05) is 35.0 Å². The minimum absolute atomic E-state index is 0.242. The normalized spacial score (nSPS) is 11.0. The van der Waals surface area contributed by atoms with Gasteiger partial charge in [0.15, 0.2) is 0 Å². The van der Waals surface area contributed by atoms with Gasteiger partial charge in [0, 0.05) is 29.4 Å². The van der Waals surface area contributed by atoms with Crippen molar-refractivity contribution in [1.82, 2.24) is 14.5 Å². The Bertz CT molecular complexity index is 803. The molecule has 0 saturated heterocycles. The zero-order valence-electron chi connectivity index (χ0n) is 12.0. The monoisotopic (exact) mass is 362 g/mol. The second kappa shape index (κ2) is 6.33. The molecule has 0 spiro atoms. The Morgan fingerprint density at radius 1 is 1.27 bits per heavy atom. The summed E-state index contributed by atoms with van der Waals surface area (Å²) in [6.45, 7) is 1.03. The van der Waals surface area contributed by atoms with E-state index in [2.05, 4.69) is 25.9 Å². The van der Waals surface area contributed by atoms with Crippen LogP contribution >= 0.6 is 15.9 Å². The maximum Gasteiger partial charge on any atom is 0.221 e. The molecule has 22 heavy (non-hydrogen) atoms. The van der Waals surface area contributed by atoms with Crippen molar-refractivity contribution >= 4 is 32.8 Å². The summed E-state index contributed by atoms with van der Waals surface area (Å²) in [6.07, 6.45) is 3.57. The van der Waals surface area contributed by atoms with Gasteiger partial charge in [0.05, 0.1) is 12.1 Å². The molecule has 114 valence electrons. The Labute approximate surface area is 136 Å². The van der Waals surface area contributed by atoms with Crippen LogP contribution in [0.2, 0.25) is 0 Å². The Balaban J connectivity index is 2.07. The van der Waals surface area contributed by atoms with Gasteiger partial charge in [-0.15, -0.1) is 0 Å². The fourth-order valence-corrected chi connectivity index (χ4v) is 2.65. The van der Waals surface area contributed by atoms with E-state index in [4.69, 9.17) is 15.2 Å². The van der Waals surface area contributed by atoms with Crippen LogP contribution in [-0.4, -0.2) is 34.9 Å². The number of aromatic nitrogens is 3. The lowest BCUT2D eigenvalue weighted by atomic mass is 10.2. The number of methoxy groups -OCH3 is 1. The molecule has 0 unspecified atom stereocenters. The number of hydrogen-bond donors (Lipinski definition) is 1. The summed E-state index contributed by atoms with van der Waals surface area (Å²) in [4.78, 5) is 8.17. The molecule has 1 aromatic carbocycles. The summed E-state index contributed by atoms with van der Waals surface area (Å²) >= 11 is 3.52. The molecule has 0 aliphatic rings. The predicted molar refractivity (Wildman–Crippen MR) is 88.3 cm³/mol. The first kappa shape index (κ1) is 14.8. The number of nitrogen functional groups attached to an aromatic ring is 1. The second-order valence-electron chi connectivity index (χ2n) is 4.64. The number of halogens is 1. The van der Waals surface area contributed by atoms with Gasteiger partial charge in [0.25, 0.3) is 0 Å². The molecule has 0 radical (unpaired) electrons. The molecule has 0 aliphatic heterocycles. The fraction of sp³-hybridized carbons (Fsp3) is 0.200. The molecule has 0 atom stereocenters. The molecular formula is C15H15BrN4O2. The summed E-state index contributed by atoms with van der Waals surface area (Å²) in [5.41, 5.74) is 6.64. The largest absolute Gasteiger partial charge is 0.490 e. The Morgan fingerprint density at radius 3 is 2.91 bits per heavy atom. The van der Waals surface area contributed by atoms with E-state index in [1.54, 1.807) is 13.3 Å². The molecule has 0 fully saturated rings. The maximum absolute atomic E-state index is 5.79. The number of rotatable bonds is 5. The van der Waals surface area contributed by atoms with E-state index in [1.165, 1.54) is 0 Å². The van der Waals surface area contributed by atoms with Gasteiger partial charge in [0.1, 0.15) is 18.2 Å². The predicted octanol–water partition coefficient (Wildman–Crippen LogP) is 2.79. The average Bonchev–Trinajstić information content (AvgIpc) is 2.91. The number of nitrogens with two attached hydrogens (primary N) is 1. The first-order valence-electron chi connectivity index (χ1n) is 6.70. The van der Waals surface area contributed by atoms with Crippen LogP contribution in [0.15, 0.2) is 41.1 Å². The first-order valence-corrected chi connectivity index (χ1v) is 7.49. The molecule has 0 bridgehead atoms. The fourth-order valence-electron chi connectivity index (χ4n) is 2.23. The molecule has 2 aromatic heterocycles. The van der Waals surface area contributed by atoms with Crippen LogP contribution < -0.4 is 10.5 Å². The van der Waals surface area contributed by atoms with Crippen LogP contribution in [0.25, 0.3) is 16.7 Å². The minimum atomic E-state index is 0.242. The molecule has 0 aliphatic carbocycles. The summed E-state index contributed by atoms with van der Waals surface area (Å²) in [5, 5.41) is 0.997. The SMILES string of the molecule is COCCOc1cc(Br)cc2c1ccn2-c1ccnc(N)n1. The van der Waals surface area contributed by atoms with Gasteiger partial charge in [-0.3, -0.25) is 0 Å². The standard InChI is InChI=1S/C15H15BrN4O2/c1-21-6-7-22-13-9-10(16)8-12-11(13)3-5-20(12)14-2-4-18-15(17)19-14/h2-5,8-9H,6-7H2,1H3,(H2,17,18,19). The van der Waals surface area contributed by atoms with E-state index < -0.39 is 0 Å². The lowest BCUT2D eigenvalue weighted by Crippen LogP contribution is -2.04. The van der Waals surface area contributed by atoms with E-state index in [9.17, 15) is 0 Å². The van der Waals surface area contributed by atoms with Crippen LogP contribution in [-0.2, 0) is 4.74 Å². The summed E-state index contributed by atoms with van der Waals surface area (Å²) < 4.78 is 13.7. The molecule has 0 amide bonds. The third-order valence-corrected chi connectivity index (χ3v) is 3.64. The summed E-state index contributed by atoms with van der Waals surface area (Å²) in [6, 6.07) is 7.75. The molecule has 0 saturated carbocycles. The quantitative estimate of drug-likeness (QED) is 0.706. The van der Waals surface area contributed by atoms with Crippen molar-refractivity contribution in [3.8, 4) is 11.6 Å². The van der Waals surface area contributed by atoms with Crippen molar-refractivity contribution in [2.45, 2.75) is 0 Å². The summed E-state index contributed by atoms with van der Waals surface area (Å²) in [5.74, 6) is 1.75. The Morgan fingerprint density at radius 2 is 2.14 bits per heavy atom. The van der Waals surface area contributed by atoms with Crippen molar-refractivity contribution in [2.24, 2.45) is 0 Å². The molecule has 3 rings (SSSR count). The van der Waals surface area contributed by atoms with Crippen molar-refractivity contribution in [2.75, 3.05) is 26.1 Å². The average molecular weight is 363 g/mol. The van der Waals surface area contributed by atoms with E-state index >= 15 is 0 Å². The van der Waals surface area contributed by atoms with Crippen LogP contribution in [0.3, 0.4) is 0 Å². The zero-order chi connectivity index (χ0) is 15.5. The highest BCUT2D eigenvalue weighted by atomic mass is 79.9. The highest BCUT2D eigenvalue weighted by Gasteiger charge is 2.11. The minimum Gasteiger partial charge on any atom is -0.490 e. The van der Waals surface area contributed by atoms with Gasteiger partial charge in [0.2, 0.25) is 5.95 Å². The number of anilines is 1. The molecular weight excluding hydrogens is 348 g/mol. The van der Waals surface area contributed by atoms with Crippen LogP contribution in [0.5, 0.6) is 5.75 Å².